The molecule has 2 amide bonds. The summed E-state index contributed by atoms with van der Waals surface area (Å²) in [5.74, 6) is 0.441. The van der Waals surface area contributed by atoms with Crippen molar-refractivity contribution < 1.29 is 14.3 Å². The van der Waals surface area contributed by atoms with Gasteiger partial charge < -0.3 is 19.9 Å². The molecule has 0 bridgehead atoms. The predicted molar refractivity (Wildman–Crippen MR) is 105 cm³/mol. The molecule has 0 radical (unpaired) electrons. The normalized spacial score (nSPS) is 13.9. The summed E-state index contributed by atoms with van der Waals surface area (Å²) in [5.41, 5.74) is 2.53. The summed E-state index contributed by atoms with van der Waals surface area (Å²) in [7, 11) is 0. The number of anilines is 1. The zero-order valence-electron chi connectivity index (χ0n) is 16.2. The van der Waals surface area contributed by atoms with E-state index in [2.05, 4.69) is 15.3 Å². The fourth-order valence-corrected chi connectivity index (χ4v) is 3.05. The zero-order valence-corrected chi connectivity index (χ0v) is 16.2. The number of ether oxygens (including phenoxy) is 1. The summed E-state index contributed by atoms with van der Waals surface area (Å²) in [6.07, 6.45) is 1.11. The molecule has 1 fully saturated rings. The van der Waals surface area contributed by atoms with Crippen LogP contribution in [0.5, 0.6) is 0 Å². The van der Waals surface area contributed by atoms with Crippen LogP contribution >= 0.6 is 0 Å². The van der Waals surface area contributed by atoms with Crippen molar-refractivity contribution in [3.8, 4) is 0 Å². The van der Waals surface area contributed by atoms with E-state index in [-0.39, 0.29) is 12.0 Å². The monoisotopic (exact) mass is 383 g/mol. The molecule has 1 aromatic carbocycles. The van der Waals surface area contributed by atoms with Gasteiger partial charge in [-0.25, -0.2) is 14.8 Å². The molecular formula is C20H25N5O3. The number of carbonyl (C=O) groups is 2. The lowest BCUT2D eigenvalue weighted by atomic mass is 10.1. The van der Waals surface area contributed by atoms with Gasteiger partial charge in [0.05, 0.1) is 6.61 Å². The maximum atomic E-state index is 12.5. The first-order chi connectivity index (χ1) is 13.6. The van der Waals surface area contributed by atoms with Crippen molar-refractivity contribution in [3.05, 3.63) is 53.5 Å². The molecule has 0 unspecified atom stereocenters. The number of rotatable bonds is 5. The lowest BCUT2D eigenvalue weighted by Gasteiger charge is -2.34. The molecule has 2 aromatic rings. The number of amides is 2. The summed E-state index contributed by atoms with van der Waals surface area (Å²) in [4.78, 5) is 36.4. The largest absolute Gasteiger partial charge is 0.450 e. The van der Waals surface area contributed by atoms with Crippen molar-refractivity contribution in [1.29, 1.82) is 0 Å². The van der Waals surface area contributed by atoms with Crippen molar-refractivity contribution >= 4 is 17.8 Å². The minimum absolute atomic E-state index is 0.239. The van der Waals surface area contributed by atoms with Crippen LogP contribution in [-0.4, -0.2) is 59.7 Å². The van der Waals surface area contributed by atoms with Gasteiger partial charge >= 0.3 is 6.09 Å². The first-order valence-electron chi connectivity index (χ1n) is 9.40. The summed E-state index contributed by atoms with van der Waals surface area (Å²) in [6.45, 7) is 6.98. The molecular weight excluding hydrogens is 358 g/mol. The molecule has 0 atom stereocenters. The van der Waals surface area contributed by atoms with Gasteiger partial charge in [0.2, 0.25) is 0 Å². The first kappa shape index (κ1) is 19.6. The number of hydrogen-bond acceptors (Lipinski definition) is 6. The van der Waals surface area contributed by atoms with E-state index >= 15 is 0 Å². The van der Waals surface area contributed by atoms with E-state index in [0.717, 1.165) is 11.1 Å². The van der Waals surface area contributed by atoms with Gasteiger partial charge in [-0.05, 0) is 25.0 Å². The fraction of sp³-hybridized carbons (Fsp3) is 0.400. The van der Waals surface area contributed by atoms with Gasteiger partial charge in [0, 0.05) is 38.8 Å². The van der Waals surface area contributed by atoms with E-state index < -0.39 is 0 Å². The summed E-state index contributed by atoms with van der Waals surface area (Å²) < 4.78 is 5.03. The number of nitrogens with one attached hydrogen (secondary N) is 1. The van der Waals surface area contributed by atoms with Crippen LogP contribution < -0.4 is 10.2 Å². The molecule has 1 N–H and O–H groups in total. The van der Waals surface area contributed by atoms with E-state index in [0.29, 0.717) is 50.8 Å². The Balaban J connectivity index is 1.59. The third-order valence-corrected chi connectivity index (χ3v) is 4.72. The van der Waals surface area contributed by atoms with Gasteiger partial charge in [0.1, 0.15) is 17.8 Å². The van der Waals surface area contributed by atoms with E-state index in [4.69, 9.17) is 4.74 Å². The summed E-state index contributed by atoms with van der Waals surface area (Å²) in [5, 5.41) is 2.91. The van der Waals surface area contributed by atoms with Crippen molar-refractivity contribution in [1.82, 2.24) is 20.2 Å². The van der Waals surface area contributed by atoms with E-state index in [9.17, 15) is 9.59 Å². The molecule has 2 heterocycles. The number of piperazine rings is 1. The van der Waals surface area contributed by atoms with Crippen molar-refractivity contribution in [2.24, 2.45) is 0 Å². The van der Waals surface area contributed by atoms with Crippen LogP contribution in [-0.2, 0) is 11.3 Å². The summed E-state index contributed by atoms with van der Waals surface area (Å²) >= 11 is 0. The minimum Gasteiger partial charge on any atom is -0.450 e. The van der Waals surface area contributed by atoms with E-state index in [1.807, 2.05) is 36.1 Å². The fourth-order valence-electron chi connectivity index (χ4n) is 3.05. The Labute approximate surface area is 164 Å². The summed E-state index contributed by atoms with van der Waals surface area (Å²) in [6, 6.07) is 9.61. The number of aryl methyl sites for hydroxylation is 1. The molecule has 0 aliphatic carbocycles. The second kappa shape index (κ2) is 9.16. The average molecular weight is 383 g/mol. The van der Waals surface area contributed by atoms with Crippen molar-refractivity contribution in [3.63, 3.8) is 0 Å². The van der Waals surface area contributed by atoms with Gasteiger partial charge in [-0.3, -0.25) is 4.79 Å². The van der Waals surface area contributed by atoms with Crippen LogP contribution in [0.4, 0.5) is 10.6 Å². The Bertz CT molecular complexity index is 834. The van der Waals surface area contributed by atoms with E-state index in [1.165, 1.54) is 6.33 Å². The molecule has 148 valence electrons. The quantitative estimate of drug-likeness (QED) is 0.850. The molecule has 0 saturated carbocycles. The van der Waals surface area contributed by atoms with Gasteiger partial charge in [0.15, 0.2) is 0 Å². The molecule has 3 rings (SSSR count). The molecule has 1 aliphatic rings. The third-order valence-electron chi connectivity index (χ3n) is 4.72. The van der Waals surface area contributed by atoms with Gasteiger partial charge in [0.25, 0.3) is 5.91 Å². The highest BCUT2D eigenvalue weighted by molar-refractivity contribution is 5.92. The molecule has 1 saturated heterocycles. The smallest absolute Gasteiger partial charge is 0.409 e. The highest BCUT2D eigenvalue weighted by Crippen LogP contribution is 2.15. The lowest BCUT2D eigenvalue weighted by molar-refractivity contribution is 0.0945. The molecule has 1 aromatic heterocycles. The van der Waals surface area contributed by atoms with Crippen LogP contribution in [0.15, 0.2) is 36.7 Å². The maximum absolute atomic E-state index is 12.5. The van der Waals surface area contributed by atoms with Gasteiger partial charge in [-0.1, -0.05) is 24.3 Å². The van der Waals surface area contributed by atoms with Gasteiger partial charge in [-0.15, -0.1) is 0 Å². The van der Waals surface area contributed by atoms with Gasteiger partial charge in [-0.2, -0.15) is 0 Å². The van der Waals surface area contributed by atoms with Crippen LogP contribution in [0.1, 0.15) is 28.5 Å². The topological polar surface area (TPSA) is 87.7 Å². The molecule has 8 nitrogen and oxygen atoms in total. The minimum atomic E-state index is -0.291. The average Bonchev–Trinajstić information content (AvgIpc) is 2.73. The van der Waals surface area contributed by atoms with Crippen LogP contribution in [0, 0.1) is 6.92 Å². The highest BCUT2D eigenvalue weighted by Gasteiger charge is 2.23. The second-order valence-corrected chi connectivity index (χ2v) is 6.54. The Kier molecular flexibility index (Phi) is 6.41. The molecule has 28 heavy (non-hydrogen) atoms. The molecule has 8 heteroatoms. The number of hydrogen-bond donors (Lipinski definition) is 1. The highest BCUT2D eigenvalue weighted by atomic mass is 16.6. The van der Waals surface area contributed by atoms with Crippen molar-refractivity contribution in [2.75, 3.05) is 37.7 Å². The predicted octanol–water partition coefficient (Wildman–Crippen LogP) is 1.99. The molecule has 0 spiro atoms. The van der Waals surface area contributed by atoms with Crippen LogP contribution in [0.3, 0.4) is 0 Å². The number of nitrogens with zero attached hydrogens (tertiary/aromatic N) is 4. The maximum Gasteiger partial charge on any atom is 0.409 e. The van der Waals surface area contributed by atoms with Crippen LogP contribution in [0.25, 0.3) is 0 Å². The lowest BCUT2D eigenvalue weighted by Crippen LogP contribution is -2.49. The Morgan fingerprint density at radius 2 is 1.89 bits per heavy atom. The molecule has 1 aliphatic heterocycles. The second-order valence-electron chi connectivity index (χ2n) is 6.54. The number of benzene rings is 1. The Morgan fingerprint density at radius 1 is 1.14 bits per heavy atom. The Hall–Kier alpha value is -3.16. The van der Waals surface area contributed by atoms with Crippen molar-refractivity contribution in [2.45, 2.75) is 20.4 Å². The third kappa shape index (κ3) is 4.76. The standard InChI is InChI=1S/C20H25N5O3/c1-3-28-20(27)25-10-8-24(9-11-25)18-12-17(22-14-23-18)19(26)21-13-16-7-5-4-6-15(16)2/h4-7,12,14H,3,8-11,13H2,1-2H3,(H,21,26). The van der Waals surface area contributed by atoms with E-state index in [1.54, 1.807) is 17.9 Å². The number of carbonyl (C=O) groups excluding carboxylic acids is 2. The Morgan fingerprint density at radius 3 is 2.61 bits per heavy atom. The first-order valence-corrected chi connectivity index (χ1v) is 9.40. The van der Waals surface area contributed by atoms with Crippen LogP contribution in [0.2, 0.25) is 0 Å². The zero-order chi connectivity index (χ0) is 19.9. The SMILES string of the molecule is CCOC(=O)N1CCN(c2cc(C(=O)NCc3ccccc3C)ncn2)CC1. The number of aromatic nitrogens is 2.